The van der Waals surface area contributed by atoms with Crippen molar-refractivity contribution in [2.24, 2.45) is 11.8 Å². The van der Waals surface area contributed by atoms with Gasteiger partial charge in [-0.1, -0.05) is 24.3 Å². The van der Waals surface area contributed by atoms with Gasteiger partial charge in [-0.2, -0.15) is 0 Å². The Labute approximate surface area is 134 Å². The average Bonchev–Trinajstić information content (AvgIpc) is 3.25. The maximum Gasteiger partial charge on any atom is 0.307 e. The number of nitrogens with one attached hydrogen (secondary N) is 1. The van der Waals surface area contributed by atoms with Crippen molar-refractivity contribution in [3.63, 3.8) is 0 Å². The Kier molecular flexibility index (Phi) is 4.32. The van der Waals surface area contributed by atoms with E-state index in [4.69, 9.17) is 5.11 Å². The van der Waals surface area contributed by atoms with Crippen LogP contribution in [0, 0.1) is 11.8 Å². The van der Waals surface area contributed by atoms with E-state index in [9.17, 15) is 14.4 Å². The first kappa shape index (κ1) is 15.5. The average molecular weight is 316 g/mol. The number of nitrogens with zero attached hydrogens (tertiary/aromatic N) is 1. The fraction of sp³-hybridized carbons (Fsp3) is 0.471. The highest BCUT2D eigenvalue weighted by molar-refractivity contribution is 5.89. The van der Waals surface area contributed by atoms with Crippen LogP contribution < -0.4 is 5.32 Å². The zero-order chi connectivity index (χ0) is 16.4. The molecule has 122 valence electrons. The monoisotopic (exact) mass is 316 g/mol. The summed E-state index contributed by atoms with van der Waals surface area (Å²) in [4.78, 5) is 36.2. The Morgan fingerprint density at radius 2 is 2.04 bits per heavy atom. The summed E-state index contributed by atoms with van der Waals surface area (Å²) in [5.41, 5.74) is 2.00. The number of carbonyl (C=O) groups is 3. The molecule has 1 aromatic carbocycles. The van der Waals surface area contributed by atoms with Crippen molar-refractivity contribution in [2.45, 2.75) is 32.4 Å². The van der Waals surface area contributed by atoms with Crippen LogP contribution in [-0.4, -0.2) is 34.3 Å². The summed E-state index contributed by atoms with van der Waals surface area (Å²) in [6.07, 6.45) is 1.97. The number of carboxylic acids is 1. The minimum atomic E-state index is -0.901. The van der Waals surface area contributed by atoms with Gasteiger partial charge >= 0.3 is 5.97 Å². The zero-order valence-corrected chi connectivity index (χ0v) is 12.8. The SMILES string of the molecule is O=C(O)C1CC1C(=O)NCc1cccc(CN2CCCC2=O)c1. The van der Waals surface area contributed by atoms with E-state index in [0.717, 1.165) is 24.1 Å². The van der Waals surface area contributed by atoms with Gasteiger partial charge in [0.25, 0.3) is 0 Å². The van der Waals surface area contributed by atoms with Gasteiger partial charge in [0, 0.05) is 26.1 Å². The molecule has 0 radical (unpaired) electrons. The molecule has 6 nitrogen and oxygen atoms in total. The molecule has 3 rings (SSSR count). The third kappa shape index (κ3) is 3.70. The van der Waals surface area contributed by atoms with E-state index < -0.39 is 17.8 Å². The summed E-state index contributed by atoms with van der Waals surface area (Å²) in [6.45, 7) is 1.78. The van der Waals surface area contributed by atoms with Crippen molar-refractivity contribution in [3.8, 4) is 0 Å². The Bertz CT molecular complexity index is 643. The zero-order valence-electron chi connectivity index (χ0n) is 12.8. The van der Waals surface area contributed by atoms with Crippen LogP contribution in [0.2, 0.25) is 0 Å². The van der Waals surface area contributed by atoms with E-state index in [-0.39, 0.29) is 11.8 Å². The Morgan fingerprint density at radius 3 is 2.70 bits per heavy atom. The predicted molar refractivity (Wildman–Crippen MR) is 82.2 cm³/mol. The van der Waals surface area contributed by atoms with Gasteiger partial charge in [0.05, 0.1) is 11.8 Å². The number of hydrogen-bond donors (Lipinski definition) is 2. The van der Waals surface area contributed by atoms with Crippen LogP contribution in [0.3, 0.4) is 0 Å². The molecule has 0 aromatic heterocycles. The molecule has 0 bridgehead atoms. The van der Waals surface area contributed by atoms with E-state index >= 15 is 0 Å². The summed E-state index contributed by atoms with van der Waals surface area (Å²) in [7, 11) is 0. The molecule has 2 atom stereocenters. The lowest BCUT2D eigenvalue weighted by atomic mass is 10.1. The molecule has 23 heavy (non-hydrogen) atoms. The van der Waals surface area contributed by atoms with E-state index in [1.807, 2.05) is 29.2 Å². The largest absolute Gasteiger partial charge is 0.481 e. The standard InChI is InChI=1S/C17H20N2O4/c20-15-5-2-6-19(15)10-12-4-1-3-11(7-12)9-18-16(21)13-8-14(13)17(22)23/h1,3-4,7,13-14H,2,5-6,8-10H2,(H,18,21)(H,22,23). The van der Waals surface area contributed by atoms with Gasteiger partial charge in [0.1, 0.15) is 0 Å². The van der Waals surface area contributed by atoms with Crippen LogP contribution in [0.25, 0.3) is 0 Å². The lowest BCUT2D eigenvalue weighted by molar-refractivity contribution is -0.140. The third-order valence-electron chi connectivity index (χ3n) is 4.45. The predicted octanol–water partition coefficient (Wildman–Crippen LogP) is 1.15. The third-order valence-corrected chi connectivity index (χ3v) is 4.45. The molecule has 1 saturated carbocycles. The van der Waals surface area contributed by atoms with Crippen LogP contribution in [0.4, 0.5) is 0 Å². The molecule has 2 fully saturated rings. The van der Waals surface area contributed by atoms with Crippen LogP contribution in [-0.2, 0) is 27.5 Å². The molecule has 1 aliphatic carbocycles. The van der Waals surface area contributed by atoms with E-state index in [0.29, 0.717) is 25.9 Å². The quantitative estimate of drug-likeness (QED) is 0.824. The highest BCUT2D eigenvalue weighted by Gasteiger charge is 2.48. The summed E-state index contributed by atoms with van der Waals surface area (Å²) in [5, 5.41) is 11.6. The molecule has 2 N–H and O–H groups in total. The summed E-state index contributed by atoms with van der Waals surface area (Å²) in [5.74, 6) is -1.82. The minimum Gasteiger partial charge on any atom is -0.481 e. The highest BCUT2D eigenvalue weighted by Crippen LogP contribution is 2.38. The van der Waals surface area contributed by atoms with Gasteiger partial charge < -0.3 is 15.3 Å². The van der Waals surface area contributed by atoms with Gasteiger partial charge in [-0.05, 0) is 24.0 Å². The molecule has 6 heteroatoms. The first-order valence-electron chi connectivity index (χ1n) is 7.90. The van der Waals surface area contributed by atoms with Crippen molar-refractivity contribution in [2.75, 3.05) is 6.54 Å². The number of rotatable bonds is 6. The fourth-order valence-corrected chi connectivity index (χ4v) is 3.01. The van der Waals surface area contributed by atoms with Crippen LogP contribution in [0.5, 0.6) is 0 Å². The number of benzene rings is 1. The molecule has 1 heterocycles. The number of hydrogen-bond acceptors (Lipinski definition) is 3. The molecule has 1 saturated heterocycles. The van der Waals surface area contributed by atoms with Crippen LogP contribution in [0.1, 0.15) is 30.4 Å². The number of aliphatic carboxylic acids is 1. The van der Waals surface area contributed by atoms with E-state index in [1.165, 1.54) is 0 Å². The molecule has 2 unspecified atom stereocenters. The van der Waals surface area contributed by atoms with Gasteiger partial charge in [0.15, 0.2) is 0 Å². The highest BCUT2D eigenvalue weighted by atomic mass is 16.4. The van der Waals surface area contributed by atoms with Crippen molar-refractivity contribution in [1.29, 1.82) is 0 Å². The van der Waals surface area contributed by atoms with Gasteiger partial charge in [-0.15, -0.1) is 0 Å². The van der Waals surface area contributed by atoms with Crippen molar-refractivity contribution in [1.82, 2.24) is 10.2 Å². The van der Waals surface area contributed by atoms with E-state index in [1.54, 1.807) is 0 Å². The molecule has 1 aliphatic heterocycles. The molecular formula is C17H20N2O4. The minimum absolute atomic E-state index is 0.192. The maximum atomic E-state index is 11.9. The van der Waals surface area contributed by atoms with Gasteiger partial charge in [0.2, 0.25) is 11.8 Å². The molecule has 1 aromatic rings. The Balaban J connectivity index is 1.52. The second-order valence-electron chi connectivity index (χ2n) is 6.24. The fourth-order valence-electron chi connectivity index (χ4n) is 3.01. The van der Waals surface area contributed by atoms with Crippen LogP contribution >= 0.6 is 0 Å². The smallest absolute Gasteiger partial charge is 0.307 e. The number of carbonyl (C=O) groups excluding carboxylic acids is 2. The first-order chi connectivity index (χ1) is 11.0. The van der Waals surface area contributed by atoms with Crippen molar-refractivity contribution >= 4 is 17.8 Å². The van der Waals surface area contributed by atoms with Gasteiger partial charge in [-0.25, -0.2) is 0 Å². The number of amides is 2. The normalized spacial score (nSPS) is 23.0. The Morgan fingerprint density at radius 1 is 1.26 bits per heavy atom. The van der Waals surface area contributed by atoms with Crippen LogP contribution in [0.15, 0.2) is 24.3 Å². The lowest BCUT2D eigenvalue weighted by Crippen LogP contribution is -2.26. The lowest BCUT2D eigenvalue weighted by Gasteiger charge is -2.16. The number of likely N-dealkylation sites (tertiary alicyclic amines) is 1. The summed E-state index contributed by atoms with van der Waals surface area (Å²) in [6, 6.07) is 7.78. The van der Waals surface area contributed by atoms with Gasteiger partial charge in [-0.3, -0.25) is 14.4 Å². The number of carboxylic acid groups (broad SMARTS) is 1. The second kappa shape index (κ2) is 6.40. The Hall–Kier alpha value is -2.37. The second-order valence-corrected chi connectivity index (χ2v) is 6.24. The molecule has 2 amide bonds. The summed E-state index contributed by atoms with van der Waals surface area (Å²) < 4.78 is 0. The van der Waals surface area contributed by atoms with E-state index in [2.05, 4.69) is 5.32 Å². The molecule has 2 aliphatic rings. The molecule has 0 spiro atoms. The van der Waals surface area contributed by atoms with Crippen molar-refractivity contribution in [3.05, 3.63) is 35.4 Å². The topological polar surface area (TPSA) is 86.7 Å². The first-order valence-corrected chi connectivity index (χ1v) is 7.90. The summed E-state index contributed by atoms with van der Waals surface area (Å²) >= 11 is 0. The molecular weight excluding hydrogens is 296 g/mol. The van der Waals surface area contributed by atoms with Crippen molar-refractivity contribution < 1.29 is 19.5 Å². The maximum absolute atomic E-state index is 11.9.